The number of rotatable bonds is 6. The number of aromatic nitrogens is 4. The van der Waals surface area contributed by atoms with Crippen LogP contribution in [0.4, 0.5) is 10.3 Å². The number of anilines is 1. The van der Waals surface area contributed by atoms with E-state index in [9.17, 15) is 13.5 Å². The van der Waals surface area contributed by atoms with Gasteiger partial charge in [0.05, 0.1) is 29.6 Å². The fourth-order valence-corrected chi connectivity index (χ4v) is 5.44. The Morgan fingerprint density at radius 2 is 2.03 bits per heavy atom. The van der Waals surface area contributed by atoms with Crippen LogP contribution in [0.25, 0.3) is 22.3 Å². The van der Waals surface area contributed by atoms with Crippen LogP contribution in [0.2, 0.25) is 0 Å². The molecule has 1 aliphatic rings. The summed E-state index contributed by atoms with van der Waals surface area (Å²) in [6.45, 7) is 8.22. The minimum absolute atomic E-state index is 0.0107. The lowest BCUT2D eigenvalue weighted by atomic mass is 10.0. The maximum atomic E-state index is 15.1. The molecule has 0 radical (unpaired) electrons. The fraction of sp³-hybridized carbons (Fsp3) is 0.522. The molecule has 2 atom stereocenters. The van der Waals surface area contributed by atoms with Crippen LogP contribution >= 0.6 is 0 Å². The minimum atomic E-state index is -3.37. The Kier molecular flexibility index (Phi) is 6.63. The van der Waals surface area contributed by atoms with Crippen LogP contribution in [0.1, 0.15) is 44.6 Å². The Balaban J connectivity index is 1.69. The van der Waals surface area contributed by atoms with E-state index in [4.69, 9.17) is 0 Å². The molecule has 1 aromatic carbocycles. The van der Waals surface area contributed by atoms with E-state index in [-0.39, 0.29) is 12.6 Å². The lowest BCUT2D eigenvalue weighted by Gasteiger charge is -2.34. The second-order valence-corrected chi connectivity index (χ2v) is 11.1. The van der Waals surface area contributed by atoms with Crippen molar-refractivity contribution in [1.29, 1.82) is 0 Å². The first kappa shape index (κ1) is 24.5. The van der Waals surface area contributed by atoms with E-state index in [0.29, 0.717) is 47.6 Å². The number of β-amino-alcohol motifs (C(OH)–C–C–N with tert-alkyl or cyclic N) is 1. The molecule has 0 bridgehead atoms. The standard InChI is InChI=1S/C23H31FN6O3S/c1-6-15-11-25-23(27-18-7-8-29(12-20(18)31)34(5,32)33)28-21(15)16-9-17(24)22-19(10-16)30(13(2)3)14(4)26-22/h9-11,13,18,20,31H,6-8,12H2,1-5H3,(H,25,27,28)/t18-,20-/m1/s1. The lowest BCUT2D eigenvalue weighted by molar-refractivity contribution is 0.0950. The van der Waals surface area contributed by atoms with Gasteiger partial charge in [-0.1, -0.05) is 6.92 Å². The molecule has 0 saturated carbocycles. The molecule has 0 aliphatic carbocycles. The Morgan fingerprint density at radius 3 is 2.65 bits per heavy atom. The summed E-state index contributed by atoms with van der Waals surface area (Å²) in [6, 6.07) is 3.07. The van der Waals surface area contributed by atoms with Gasteiger partial charge in [-0.2, -0.15) is 4.31 Å². The molecule has 0 unspecified atom stereocenters. The van der Waals surface area contributed by atoms with Crippen molar-refractivity contribution in [2.24, 2.45) is 0 Å². The molecule has 184 valence electrons. The summed E-state index contributed by atoms with van der Waals surface area (Å²) in [5.74, 6) is 0.642. The molecule has 11 heteroatoms. The summed E-state index contributed by atoms with van der Waals surface area (Å²) in [5, 5.41) is 13.7. The smallest absolute Gasteiger partial charge is 0.223 e. The Morgan fingerprint density at radius 1 is 1.29 bits per heavy atom. The summed E-state index contributed by atoms with van der Waals surface area (Å²) in [7, 11) is -3.37. The molecular formula is C23H31FN6O3S. The van der Waals surface area contributed by atoms with Crippen molar-refractivity contribution in [3.05, 3.63) is 35.5 Å². The maximum absolute atomic E-state index is 15.1. The van der Waals surface area contributed by atoms with Gasteiger partial charge < -0.3 is 15.0 Å². The normalized spacial score (nSPS) is 19.8. The molecule has 1 fully saturated rings. The summed E-state index contributed by atoms with van der Waals surface area (Å²) in [6.07, 6.45) is 3.01. The fourth-order valence-electron chi connectivity index (χ4n) is 4.58. The third-order valence-corrected chi connectivity index (χ3v) is 7.56. The van der Waals surface area contributed by atoms with Gasteiger partial charge in [0.25, 0.3) is 0 Å². The van der Waals surface area contributed by atoms with E-state index >= 15 is 4.39 Å². The highest BCUT2D eigenvalue weighted by Gasteiger charge is 2.32. The Bertz CT molecular complexity index is 1320. The molecule has 0 spiro atoms. The number of aliphatic hydroxyl groups excluding tert-OH is 1. The van der Waals surface area contributed by atoms with Crippen molar-refractivity contribution < 1.29 is 17.9 Å². The number of hydrogen-bond donors (Lipinski definition) is 2. The van der Waals surface area contributed by atoms with E-state index in [2.05, 4.69) is 20.3 Å². The minimum Gasteiger partial charge on any atom is -0.390 e. The van der Waals surface area contributed by atoms with Crippen molar-refractivity contribution in [1.82, 2.24) is 23.8 Å². The van der Waals surface area contributed by atoms with E-state index in [1.54, 1.807) is 6.20 Å². The van der Waals surface area contributed by atoms with Crippen molar-refractivity contribution in [3.8, 4) is 11.3 Å². The number of nitrogens with zero attached hydrogens (tertiary/aromatic N) is 5. The summed E-state index contributed by atoms with van der Waals surface area (Å²) < 4.78 is 41.9. The summed E-state index contributed by atoms with van der Waals surface area (Å²) in [5.41, 5.74) is 3.14. The number of aryl methyl sites for hydroxylation is 2. The number of benzene rings is 1. The molecular weight excluding hydrogens is 459 g/mol. The number of aliphatic hydroxyl groups is 1. The SMILES string of the molecule is CCc1cnc(N[C@@H]2CCN(S(C)(=O)=O)C[C@H]2O)nc1-c1cc(F)c2nc(C)n(C(C)C)c2c1. The van der Waals surface area contributed by atoms with E-state index in [1.165, 1.54) is 10.4 Å². The highest BCUT2D eigenvalue weighted by atomic mass is 32.2. The van der Waals surface area contributed by atoms with Gasteiger partial charge >= 0.3 is 0 Å². The number of hydrogen-bond acceptors (Lipinski definition) is 7. The number of fused-ring (bicyclic) bond motifs is 1. The van der Waals surface area contributed by atoms with Crippen LogP contribution in [0.5, 0.6) is 0 Å². The zero-order valence-corrected chi connectivity index (χ0v) is 20.9. The van der Waals surface area contributed by atoms with Crippen LogP contribution in [-0.2, 0) is 16.4 Å². The van der Waals surface area contributed by atoms with Crippen molar-refractivity contribution >= 4 is 27.0 Å². The van der Waals surface area contributed by atoms with Gasteiger partial charge in [0.2, 0.25) is 16.0 Å². The second kappa shape index (κ2) is 9.20. The topological polar surface area (TPSA) is 113 Å². The predicted octanol–water partition coefficient (Wildman–Crippen LogP) is 2.89. The number of piperidine rings is 1. The maximum Gasteiger partial charge on any atom is 0.223 e. The number of halogens is 1. The quantitative estimate of drug-likeness (QED) is 0.546. The monoisotopic (exact) mass is 490 g/mol. The van der Waals surface area contributed by atoms with Gasteiger partial charge in [-0.15, -0.1) is 0 Å². The van der Waals surface area contributed by atoms with Crippen molar-refractivity contribution in [2.75, 3.05) is 24.7 Å². The first-order valence-corrected chi connectivity index (χ1v) is 13.3. The van der Waals surface area contributed by atoms with Gasteiger partial charge in [0, 0.05) is 30.9 Å². The predicted molar refractivity (Wildman–Crippen MR) is 130 cm³/mol. The molecule has 34 heavy (non-hydrogen) atoms. The van der Waals surface area contributed by atoms with Gasteiger partial charge in [0.1, 0.15) is 11.3 Å². The van der Waals surface area contributed by atoms with Crippen LogP contribution in [0.3, 0.4) is 0 Å². The van der Waals surface area contributed by atoms with Gasteiger partial charge in [-0.05, 0) is 51.3 Å². The van der Waals surface area contributed by atoms with Crippen LogP contribution in [0.15, 0.2) is 18.3 Å². The lowest BCUT2D eigenvalue weighted by Crippen LogP contribution is -2.51. The van der Waals surface area contributed by atoms with E-state index in [0.717, 1.165) is 17.6 Å². The zero-order chi connectivity index (χ0) is 24.8. The summed E-state index contributed by atoms with van der Waals surface area (Å²) in [4.78, 5) is 13.5. The van der Waals surface area contributed by atoms with Crippen LogP contribution in [-0.4, -0.2) is 68.8 Å². The van der Waals surface area contributed by atoms with Gasteiger partial charge in [-0.25, -0.2) is 27.8 Å². The van der Waals surface area contributed by atoms with Gasteiger partial charge in [0.15, 0.2) is 5.82 Å². The van der Waals surface area contributed by atoms with E-state index in [1.807, 2.05) is 38.3 Å². The summed E-state index contributed by atoms with van der Waals surface area (Å²) >= 11 is 0. The first-order valence-electron chi connectivity index (χ1n) is 11.4. The zero-order valence-electron chi connectivity index (χ0n) is 20.1. The number of nitrogens with one attached hydrogen (secondary N) is 1. The van der Waals surface area contributed by atoms with Crippen LogP contribution in [0, 0.1) is 12.7 Å². The molecule has 0 amide bonds. The Labute approximate surface area is 199 Å². The average molecular weight is 491 g/mol. The third kappa shape index (κ3) is 4.64. The average Bonchev–Trinajstić information content (AvgIpc) is 3.11. The highest BCUT2D eigenvalue weighted by Crippen LogP contribution is 2.31. The highest BCUT2D eigenvalue weighted by molar-refractivity contribution is 7.88. The molecule has 3 heterocycles. The number of sulfonamides is 1. The first-order chi connectivity index (χ1) is 16.0. The molecule has 3 aromatic rings. The van der Waals surface area contributed by atoms with E-state index < -0.39 is 28.0 Å². The number of imidazole rings is 1. The molecule has 4 rings (SSSR count). The molecule has 1 aliphatic heterocycles. The molecule has 2 N–H and O–H groups in total. The molecule has 9 nitrogen and oxygen atoms in total. The Hall–Kier alpha value is -2.63. The van der Waals surface area contributed by atoms with Crippen molar-refractivity contribution in [2.45, 2.75) is 58.7 Å². The van der Waals surface area contributed by atoms with Crippen molar-refractivity contribution in [3.63, 3.8) is 0 Å². The molecule has 2 aromatic heterocycles. The third-order valence-electron chi connectivity index (χ3n) is 6.29. The second-order valence-electron chi connectivity index (χ2n) is 9.10. The van der Waals surface area contributed by atoms with Gasteiger partial charge in [-0.3, -0.25) is 0 Å². The van der Waals surface area contributed by atoms with Crippen LogP contribution < -0.4 is 5.32 Å². The largest absolute Gasteiger partial charge is 0.390 e. The molecule has 1 saturated heterocycles.